The number of thiazole rings is 1. The fourth-order valence-electron chi connectivity index (χ4n) is 1.29. The second kappa shape index (κ2) is 5.37. The molecule has 3 N–H and O–H groups in total. The second-order valence-electron chi connectivity index (χ2n) is 3.91. The molecule has 0 spiro atoms. The van der Waals surface area contributed by atoms with Crippen molar-refractivity contribution in [1.29, 1.82) is 0 Å². The van der Waals surface area contributed by atoms with Gasteiger partial charge in [-0.25, -0.2) is 4.98 Å². The number of Topliss-reactive ketones (excluding diaryl/α,β-unsaturated/α-hetero) is 1. The first kappa shape index (κ1) is 13.8. The lowest BCUT2D eigenvalue weighted by Gasteiger charge is -2.24. The van der Waals surface area contributed by atoms with Gasteiger partial charge in [0, 0.05) is 12.3 Å². The van der Waals surface area contributed by atoms with Crippen molar-refractivity contribution in [2.45, 2.75) is 39.2 Å². The Morgan fingerprint density at radius 2 is 2.06 bits per heavy atom. The molecule has 94 valence electrons. The maximum absolute atomic E-state index is 11.9. The van der Waals surface area contributed by atoms with Crippen LogP contribution in [0.25, 0.3) is 0 Å². The summed E-state index contributed by atoms with van der Waals surface area (Å²) < 4.78 is 0. The van der Waals surface area contributed by atoms with Crippen LogP contribution in [0.2, 0.25) is 0 Å². The molecule has 1 heterocycles. The molecular formula is C11H17N3O2S. The van der Waals surface area contributed by atoms with E-state index in [1.54, 1.807) is 5.38 Å². The molecule has 0 atom stereocenters. The van der Waals surface area contributed by atoms with Crippen molar-refractivity contribution < 1.29 is 9.59 Å². The number of ketones is 1. The number of nitrogens with one attached hydrogen (secondary N) is 1. The molecule has 0 aliphatic carbocycles. The smallest absolute Gasteiger partial charge is 0.246 e. The molecule has 0 saturated heterocycles. The highest BCUT2D eigenvalue weighted by Gasteiger charge is 2.30. The van der Waals surface area contributed by atoms with Crippen molar-refractivity contribution in [3.05, 3.63) is 11.1 Å². The van der Waals surface area contributed by atoms with E-state index in [0.29, 0.717) is 23.7 Å². The molecule has 0 saturated carbocycles. The van der Waals surface area contributed by atoms with Crippen molar-refractivity contribution in [1.82, 2.24) is 4.98 Å². The fraction of sp³-hybridized carbons (Fsp3) is 0.545. The predicted molar refractivity (Wildman–Crippen MR) is 68.2 cm³/mol. The number of hydrogen-bond acceptors (Lipinski definition) is 5. The van der Waals surface area contributed by atoms with Crippen LogP contribution in [-0.2, 0) is 4.79 Å². The fourth-order valence-corrected chi connectivity index (χ4v) is 2.03. The van der Waals surface area contributed by atoms with Gasteiger partial charge in [-0.15, -0.1) is 11.3 Å². The van der Waals surface area contributed by atoms with Gasteiger partial charge in [0.2, 0.25) is 5.91 Å². The minimum atomic E-state index is -0.873. The van der Waals surface area contributed by atoms with Gasteiger partial charge in [0.25, 0.3) is 0 Å². The molecule has 0 radical (unpaired) electrons. The van der Waals surface area contributed by atoms with Gasteiger partial charge in [-0.1, -0.05) is 13.8 Å². The Balaban J connectivity index is 2.77. The molecule has 0 fully saturated rings. The molecule has 0 aliphatic rings. The van der Waals surface area contributed by atoms with E-state index in [4.69, 9.17) is 5.73 Å². The number of nitrogens with two attached hydrogens (primary N) is 1. The third kappa shape index (κ3) is 3.10. The van der Waals surface area contributed by atoms with Gasteiger partial charge >= 0.3 is 0 Å². The normalized spacial score (nSPS) is 11.3. The SMILES string of the molecule is CCC(N)(CC)C(=O)Nc1nc(C(C)=O)cs1. The highest BCUT2D eigenvalue weighted by Crippen LogP contribution is 2.19. The summed E-state index contributed by atoms with van der Waals surface area (Å²) in [7, 11) is 0. The van der Waals surface area contributed by atoms with Gasteiger partial charge in [0.05, 0.1) is 5.54 Å². The van der Waals surface area contributed by atoms with E-state index in [9.17, 15) is 9.59 Å². The number of rotatable bonds is 5. The van der Waals surface area contributed by atoms with Crippen molar-refractivity contribution in [2.75, 3.05) is 5.32 Å². The van der Waals surface area contributed by atoms with Gasteiger partial charge in [0.1, 0.15) is 5.69 Å². The number of carbonyl (C=O) groups excluding carboxylic acids is 2. The van der Waals surface area contributed by atoms with E-state index < -0.39 is 5.54 Å². The molecule has 0 bridgehead atoms. The summed E-state index contributed by atoms with van der Waals surface area (Å²) in [5, 5.41) is 4.68. The zero-order chi connectivity index (χ0) is 13.1. The van der Waals surface area contributed by atoms with Crippen molar-refractivity contribution >= 4 is 28.2 Å². The Bertz CT molecular complexity index is 424. The van der Waals surface area contributed by atoms with Crippen LogP contribution in [-0.4, -0.2) is 22.2 Å². The Kier molecular flexibility index (Phi) is 4.36. The zero-order valence-corrected chi connectivity index (χ0v) is 11.1. The largest absolute Gasteiger partial charge is 0.317 e. The van der Waals surface area contributed by atoms with Crippen LogP contribution in [0, 0.1) is 0 Å². The van der Waals surface area contributed by atoms with Gasteiger partial charge in [-0.3, -0.25) is 9.59 Å². The van der Waals surface area contributed by atoms with Crippen LogP contribution in [0.3, 0.4) is 0 Å². The average molecular weight is 255 g/mol. The highest BCUT2D eigenvalue weighted by atomic mass is 32.1. The summed E-state index contributed by atoms with van der Waals surface area (Å²) in [6, 6.07) is 0. The first-order valence-electron chi connectivity index (χ1n) is 5.49. The minimum Gasteiger partial charge on any atom is -0.317 e. The summed E-state index contributed by atoms with van der Waals surface area (Å²) in [4.78, 5) is 27.0. The average Bonchev–Trinajstić information content (AvgIpc) is 2.76. The Labute approximate surface area is 104 Å². The minimum absolute atomic E-state index is 0.119. The molecule has 5 nitrogen and oxygen atoms in total. The van der Waals surface area contributed by atoms with E-state index in [2.05, 4.69) is 10.3 Å². The number of amides is 1. The molecule has 0 unspecified atom stereocenters. The number of nitrogens with zero attached hydrogens (tertiary/aromatic N) is 1. The van der Waals surface area contributed by atoms with Gasteiger partial charge in [-0.2, -0.15) is 0 Å². The summed E-state index contributed by atoms with van der Waals surface area (Å²) in [5.74, 6) is -0.376. The predicted octanol–water partition coefficient (Wildman–Crippen LogP) is 1.80. The highest BCUT2D eigenvalue weighted by molar-refractivity contribution is 7.14. The van der Waals surface area contributed by atoms with E-state index in [1.807, 2.05) is 13.8 Å². The van der Waals surface area contributed by atoms with E-state index in [1.165, 1.54) is 18.3 Å². The lowest BCUT2D eigenvalue weighted by Crippen LogP contribution is -2.50. The molecule has 17 heavy (non-hydrogen) atoms. The Morgan fingerprint density at radius 3 is 2.47 bits per heavy atom. The third-order valence-corrected chi connectivity index (χ3v) is 3.56. The van der Waals surface area contributed by atoms with Crippen LogP contribution in [0.1, 0.15) is 44.1 Å². The summed E-state index contributed by atoms with van der Waals surface area (Å²) in [6.45, 7) is 5.17. The Morgan fingerprint density at radius 1 is 1.47 bits per heavy atom. The van der Waals surface area contributed by atoms with Crippen molar-refractivity contribution in [3.63, 3.8) is 0 Å². The van der Waals surface area contributed by atoms with Crippen LogP contribution >= 0.6 is 11.3 Å². The number of aromatic nitrogens is 1. The molecule has 0 aliphatic heterocycles. The van der Waals surface area contributed by atoms with Crippen LogP contribution in [0.4, 0.5) is 5.13 Å². The monoisotopic (exact) mass is 255 g/mol. The van der Waals surface area contributed by atoms with Crippen LogP contribution < -0.4 is 11.1 Å². The lowest BCUT2D eigenvalue weighted by atomic mass is 9.93. The van der Waals surface area contributed by atoms with E-state index >= 15 is 0 Å². The van der Waals surface area contributed by atoms with E-state index in [-0.39, 0.29) is 11.7 Å². The van der Waals surface area contributed by atoms with Crippen LogP contribution in [0.15, 0.2) is 5.38 Å². The molecule has 1 rings (SSSR count). The molecule has 1 aromatic heterocycles. The first-order chi connectivity index (χ1) is 7.92. The molecule has 6 heteroatoms. The molecular weight excluding hydrogens is 238 g/mol. The van der Waals surface area contributed by atoms with Crippen molar-refractivity contribution in [2.24, 2.45) is 5.73 Å². The topological polar surface area (TPSA) is 85.1 Å². The third-order valence-electron chi connectivity index (χ3n) is 2.80. The summed E-state index contributed by atoms with van der Waals surface area (Å²) >= 11 is 1.22. The Hall–Kier alpha value is -1.27. The molecule has 1 aromatic rings. The van der Waals surface area contributed by atoms with Crippen molar-refractivity contribution in [3.8, 4) is 0 Å². The zero-order valence-electron chi connectivity index (χ0n) is 10.2. The van der Waals surface area contributed by atoms with Gasteiger partial charge in [0.15, 0.2) is 10.9 Å². The molecule has 0 aromatic carbocycles. The number of hydrogen-bond donors (Lipinski definition) is 2. The summed E-state index contributed by atoms with van der Waals surface area (Å²) in [5.41, 5.74) is 5.44. The number of anilines is 1. The standard InChI is InChI=1S/C11H17N3O2S/c1-4-11(12,5-2)9(16)14-10-13-8(6-17-10)7(3)15/h6H,4-5,12H2,1-3H3,(H,13,14,16). The van der Waals surface area contributed by atoms with Gasteiger partial charge < -0.3 is 11.1 Å². The van der Waals surface area contributed by atoms with Gasteiger partial charge in [-0.05, 0) is 12.8 Å². The summed E-state index contributed by atoms with van der Waals surface area (Å²) in [6.07, 6.45) is 1.11. The lowest BCUT2D eigenvalue weighted by molar-refractivity contribution is -0.121. The van der Waals surface area contributed by atoms with E-state index in [0.717, 1.165) is 0 Å². The maximum Gasteiger partial charge on any atom is 0.246 e. The first-order valence-corrected chi connectivity index (χ1v) is 6.37. The molecule has 1 amide bonds. The second-order valence-corrected chi connectivity index (χ2v) is 4.77. The quantitative estimate of drug-likeness (QED) is 0.786. The maximum atomic E-state index is 11.9. The number of carbonyl (C=O) groups is 2. The van der Waals surface area contributed by atoms with Crippen LogP contribution in [0.5, 0.6) is 0 Å².